The topological polar surface area (TPSA) is 110 Å². The van der Waals surface area contributed by atoms with E-state index < -0.39 is 27.0 Å². The van der Waals surface area contributed by atoms with Crippen LogP contribution in [0.1, 0.15) is 202 Å². The van der Waals surface area contributed by atoms with E-state index in [0.717, 1.165) is 50.7 Å². The maximum Gasteiger partial charge on any atom is 1.00 e. The van der Waals surface area contributed by atoms with E-state index in [1.54, 1.807) is 0 Å². The Labute approximate surface area is 354 Å². The molecule has 0 heterocycles. The first-order chi connectivity index (χ1) is 24.3. The average molecular weight is 757 g/mol. The molecular weight excluding hydrogens is 688 g/mol. The average Bonchev–Trinajstić information content (AvgIpc) is 3.10. The van der Waals surface area contributed by atoms with E-state index >= 15 is 0 Å². The van der Waals surface area contributed by atoms with Crippen molar-refractivity contribution < 1.29 is 83.4 Å². The fourth-order valence-electron chi connectivity index (χ4n) is 6.11. The first kappa shape index (κ1) is 50.2. The second kappa shape index (κ2) is 34.9. The number of carbonyl (C=O) groups is 2. The molecule has 0 bridgehead atoms. The number of hydrogen-bond acceptors (Lipinski definition) is 7. The van der Waals surface area contributed by atoms with Gasteiger partial charge in [0.15, 0.2) is 0 Å². The van der Waals surface area contributed by atoms with Gasteiger partial charge in [-0.05, 0) is 70.6 Å². The SMILES string of the molecule is C/C=C/CCCCCCCCCCCCCCOC(=O)c1ccc(S(=O)(=O)[O-])cc1C(=O)OCCCCCCCCCCCCCC/C=C/C.[K+]. The summed E-state index contributed by atoms with van der Waals surface area (Å²) in [5.41, 5.74) is -0.341. The van der Waals surface area contributed by atoms with Crippen molar-refractivity contribution in [3.63, 3.8) is 0 Å². The van der Waals surface area contributed by atoms with Gasteiger partial charge in [0.1, 0.15) is 10.1 Å². The molecule has 0 amide bonds. The largest absolute Gasteiger partial charge is 1.00 e. The summed E-state index contributed by atoms with van der Waals surface area (Å²) in [6.07, 6.45) is 39.5. The van der Waals surface area contributed by atoms with Crippen LogP contribution in [0, 0.1) is 0 Å². The molecule has 0 N–H and O–H groups in total. The van der Waals surface area contributed by atoms with E-state index in [4.69, 9.17) is 9.47 Å². The van der Waals surface area contributed by atoms with E-state index in [0.29, 0.717) is 12.8 Å². The Bertz CT molecular complexity index is 1180. The van der Waals surface area contributed by atoms with Crippen LogP contribution in [0.2, 0.25) is 0 Å². The number of carbonyl (C=O) groups excluding carboxylic acids is 2. The van der Waals surface area contributed by atoms with Gasteiger partial charge in [-0.1, -0.05) is 153 Å². The summed E-state index contributed by atoms with van der Waals surface area (Å²) in [4.78, 5) is 25.1. The number of hydrogen-bond donors (Lipinski definition) is 0. The fourth-order valence-corrected chi connectivity index (χ4v) is 6.61. The van der Waals surface area contributed by atoms with Gasteiger partial charge in [0.2, 0.25) is 0 Å². The van der Waals surface area contributed by atoms with Crippen LogP contribution in [-0.4, -0.2) is 38.1 Å². The van der Waals surface area contributed by atoms with Gasteiger partial charge in [-0.2, -0.15) is 0 Å². The van der Waals surface area contributed by atoms with Crippen molar-refractivity contribution in [2.75, 3.05) is 13.2 Å². The van der Waals surface area contributed by atoms with Crippen molar-refractivity contribution in [2.24, 2.45) is 0 Å². The van der Waals surface area contributed by atoms with E-state index in [2.05, 4.69) is 38.2 Å². The van der Waals surface area contributed by atoms with Gasteiger partial charge in [0.25, 0.3) is 0 Å². The van der Waals surface area contributed by atoms with E-state index in [1.807, 2.05) is 0 Å². The van der Waals surface area contributed by atoms with Crippen LogP contribution in [0.5, 0.6) is 0 Å². The van der Waals surface area contributed by atoms with Crippen LogP contribution in [0.15, 0.2) is 47.4 Å². The normalized spacial score (nSPS) is 11.7. The Morgan fingerprint density at radius 3 is 1.18 bits per heavy atom. The molecule has 51 heavy (non-hydrogen) atoms. The first-order valence-corrected chi connectivity index (χ1v) is 21.4. The summed E-state index contributed by atoms with van der Waals surface area (Å²) in [5, 5.41) is 0. The first-order valence-electron chi connectivity index (χ1n) is 20.0. The number of unbranched alkanes of at least 4 members (excludes halogenated alkanes) is 24. The molecule has 0 aromatic heterocycles. The zero-order chi connectivity index (χ0) is 36.5. The molecule has 1 rings (SSSR count). The molecule has 0 aliphatic carbocycles. The van der Waals surface area contributed by atoms with Crippen LogP contribution in [0.25, 0.3) is 0 Å². The van der Waals surface area contributed by atoms with E-state index in [-0.39, 0.29) is 75.7 Å². The molecule has 0 atom stereocenters. The molecule has 9 heteroatoms. The smallest absolute Gasteiger partial charge is 0.744 e. The predicted octanol–water partition coefficient (Wildman–Crippen LogP) is 9.20. The molecule has 0 aliphatic rings. The van der Waals surface area contributed by atoms with Crippen LogP contribution in [0.3, 0.4) is 0 Å². The van der Waals surface area contributed by atoms with Gasteiger partial charge in [0, 0.05) is 0 Å². The molecule has 1 aromatic carbocycles. The van der Waals surface area contributed by atoms with Crippen LogP contribution in [-0.2, 0) is 19.6 Å². The second-order valence-corrected chi connectivity index (χ2v) is 15.0. The van der Waals surface area contributed by atoms with Gasteiger partial charge < -0.3 is 14.0 Å². The zero-order valence-electron chi connectivity index (χ0n) is 32.6. The molecule has 0 saturated heterocycles. The van der Waals surface area contributed by atoms with Crippen LogP contribution >= 0.6 is 0 Å². The Kier molecular flexibility index (Phi) is 34.4. The molecule has 0 saturated carbocycles. The molecular formula is C42H69KO7S. The zero-order valence-corrected chi connectivity index (χ0v) is 36.5. The van der Waals surface area contributed by atoms with Crippen LogP contribution in [0.4, 0.5) is 0 Å². The van der Waals surface area contributed by atoms with Crippen molar-refractivity contribution in [3.05, 3.63) is 53.6 Å². The van der Waals surface area contributed by atoms with Gasteiger partial charge in [-0.3, -0.25) is 0 Å². The number of rotatable bonds is 33. The molecule has 0 fully saturated rings. The van der Waals surface area contributed by atoms with Gasteiger partial charge in [-0.25, -0.2) is 18.0 Å². The van der Waals surface area contributed by atoms with Crippen LogP contribution < -0.4 is 51.4 Å². The summed E-state index contributed by atoms with van der Waals surface area (Å²) in [5.74, 6) is -1.55. The maximum absolute atomic E-state index is 12.9. The Morgan fingerprint density at radius 1 is 0.529 bits per heavy atom. The third-order valence-electron chi connectivity index (χ3n) is 9.19. The monoisotopic (exact) mass is 756 g/mol. The Hall–Kier alpha value is -0.814. The van der Waals surface area contributed by atoms with Gasteiger partial charge in [-0.15, -0.1) is 0 Å². The van der Waals surface area contributed by atoms with Gasteiger partial charge in [0.05, 0.1) is 29.2 Å². The summed E-state index contributed by atoms with van der Waals surface area (Å²) in [6, 6.07) is 3.13. The predicted molar refractivity (Wildman–Crippen MR) is 205 cm³/mol. The molecule has 1 aromatic rings. The van der Waals surface area contributed by atoms with E-state index in [9.17, 15) is 22.6 Å². The van der Waals surface area contributed by atoms with Crippen molar-refractivity contribution in [1.82, 2.24) is 0 Å². The van der Waals surface area contributed by atoms with Crippen molar-refractivity contribution in [3.8, 4) is 0 Å². The number of ether oxygens (including phenoxy) is 2. The third kappa shape index (κ3) is 28.3. The van der Waals surface area contributed by atoms with Crippen molar-refractivity contribution in [1.29, 1.82) is 0 Å². The number of benzene rings is 1. The van der Waals surface area contributed by atoms with Crippen molar-refractivity contribution >= 4 is 22.1 Å². The molecule has 0 unspecified atom stereocenters. The molecule has 7 nitrogen and oxygen atoms in total. The maximum atomic E-state index is 12.9. The fraction of sp³-hybridized carbons (Fsp3) is 0.714. The summed E-state index contributed by atoms with van der Waals surface area (Å²) in [7, 11) is -4.81. The number of esters is 2. The summed E-state index contributed by atoms with van der Waals surface area (Å²) >= 11 is 0. The molecule has 0 aliphatic heterocycles. The molecule has 0 spiro atoms. The molecule has 286 valence electrons. The van der Waals surface area contributed by atoms with E-state index in [1.165, 1.54) is 122 Å². The quantitative estimate of drug-likeness (QED) is 0.0231. The second-order valence-electron chi connectivity index (χ2n) is 13.6. The Morgan fingerprint density at radius 2 is 0.843 bits per heavy atom. The summed E-state index contributed by atoms with van der Waals surface area (Å²) < 4.78 is 45.6. The minimum absolute atomic E-state index is 0. The van der Waals surface area contributed by atoms with Gasteiger partial charge >= 0.3 is 63.3 Å². The molecule has 0 radical (unpaired) electrons. The minimum atomic E-state index is -4.81. The minimum Gasteiger partial charge on any atom is -0.744 e. The third-order valence-corrected chi connectivity index (χ3v) is 10.0. The standard InChI is InChI=1S/C42H70O7S.K/c1-3-5-7-9-11-13-15-17-19-21-23-25-27-29-31-35-48-41(43)39-34-33-38(50(45,46)47)37-40(39)42(44)49-36-32-30-28-26-24-22-20-18-16-14-12-10-8-6-4-2;/h3-6,33-34,37H,7-32,35-36H2,1-2H3,(H,45,46,47);/q;+1/p-1/b5-3+,6-4+;. The van der Waals surface area contributed by atoms with Crippen molar-refractivity contribution in [2.45, 2.75) is 186 Å². The Balaban J connectivity index is 0.0000250. The summed E-state index contributed by atoms with van der Waals surface area (Å²) in [6.45, 7) is 4.51. The number of allylic oxidation sites excluding steroid dienone is 4.